The van der Waals surface area contributed by atoms with Gasteiger partial charge in [-0.25, -0.2) is 4.79 Å². The predicted octanol–water partition coefficient (Wildman–Crippen LogP) is 4.69. The minimum atomic E-state index is -0.757. The van der Waals surface area contributed by atoms with Crippen molar-refractivity contribution in [1.82, 2.24) is 0 Å². The van der Waals surface area contributed by atoms with Gasteiger partial charge < -0.3 is 19.2 Å². The van der Waals surface area contributed by atoms with Crippen molar-refractivity contribution in [3.05, 3.63) is 64.5 Å². The Kier molecular flexibility index (Phi) is 6.54. The lowest BCUT2D eigenvalue weighted by Crippen LogP contribution is -2.30. The molecule has 1 aromatic heterocycles. The van der Waals surface area contributed by atoms with E-state index < -0.39 is 11.7 Å². The maximum absolute atomic E-state index is 12.6. The number of ether oxygens (including phenoxy) is 2. The number of fused-ring (bicyclic) bond motifs is 1. The van der Waals surface area contributed by atoms with Crippen molar-refractivity contribution in [2.24, 2.45) is 0 Å². The lowest BCUT2D eigenvalue weighted by atomic mass is 10.1. The number of nitrogens with one attached hydrogen (secondary N) is 1. The number of benzene rings is 2. The molecule has 1 unspecified atom stereocenters. The van der Waals surface area contributed by atoms with Crippen LogP contribution in [0.3, 0.4) is 0 Å². The zero-order valence-electron chi connectivity index (χ0n) is 16.9. The third kappa shape index (κ3) is 5.16. The van der Waals surface area contributed by atoms with Gasteiger partial charge >= 0.3 is 5.63 Å². The first-order chi connectivity index (χ1) is 14.0. The standard InChI is InChI=1S/C23H25NO5/c1-4-5-12-27-20-9-7-6-8-19(20)24-23(26)16(3)28-17-10-11-18-15(2)13-22(25)29-21(18)14-17/h6-11,13-14,16H,4-5,12H2,1-3H3,(H,24,26). The topological polar surface area (TPSA) is 77.8 Å². The minimum Gasteiger partial charge on any atom is -0.491 e. The molecule has 0 radical (unpaired) electrons. The van der Waals surface area contributed by atoms with E-state index in [4.69, 9.17) is 13.9 Å². The minimum absolute atomic E-state index is 0.303. The number of rotatable bonds is 8. The summed E-state index contributed by atoms with van der Waals surface area (Å²) >= 11 is 0. The molecule has 0 bridgehead atoms. The summed E-state index contributed by atoms with van der Waals surface area (Å²) in [7, 11) is 0. The van der Waals surface area contributed by atoms with Crippen LogP contribution >= 0.6 is 0 Å². The van der Waals surface area contributed by atoms with Crippen LogP contribution in [0.15, 0.2) is 57.7 Å². The van der Waals surface area contributed by atoms with E-state index in [1.807, 2.05) is 31.2 Å². The van der Waals surface area contributed by atoms with E-state index in [0.717, 1.165) is 23.8 Å². The molecular weight excluding hydrogens is 370 g/mol. The SMILES string of the molecule is CCCCOc1ccccc1NC(=O)C(C)Oc1ccc2c(C)cc(=O)oc2c1. The predicted molar refractivity (Wildman–Crippen MR) is 113 cm³/mol. The molecule has 2 aromatic carbocycles. The van der Waals surface area contributed by atoms with Gasteiger partial charge in [0.05, 0.1) is 12.3 Å². The van der Waals surface area contributed by atoms with Gasteiger partial charge in [0.1, 0.15) is 17.1 Å². The van der Waals surface area contributed by atoms with Gasteiger partial charge in [0.2, 0.25) is 0 Å². The van der Waals surface area contributed by atoms with Gasteiger partial charge in [-0.15, -0.1) is 0 Å². The number of carbonyl (C=O) groups excluding carboxylic acids is 1. The molecule has 6 heteroatoms. The van der Waals surface area contributed by atoms with Gasteiger partial charge in [0.25, 0.3) is 5.91 Å². The third-order valence-corrected chi connectivity index (χ3v) is 4.51. The van der Waals surface area contributed by atoms with Crippen LogP contribution in [-0.4, -0.2) is 18.6 Å². The van der Waals surface area contributed by atoms with E-state index in [-0.39, 0.29) is 5.91 Å². The molecule has 0 aliphatic carbocycles. The van der Waals surface area contributed by atoms with Crippen molar-refractivity contribution in [3.63, 3.8) is 0 Å². The first kappa shape index (κ1) is 20.5. The molecule has 1 amide bonds. The number of aryl methyl sites for hydroxylation is 1. The number of hydrogen-bond acceptors (Lipinski definition) is 5. The molecule has 0 saturated heterocycles. The summed E-state index contributed by atoms with van der Waals surface area (Å²) in [5.74, 6) is 0.771. The summed E-state index contributed by atoms with van der Waals surface area (Å²) in [6, 6.07) is 13.9. The molecule has 0 aliphatic rings. The number of hydrogen-bond donors (Lipinski definition) is 1. The fourth-order valence-electron chi connectivity index (χ4n) is 2.89. The quantitative estimate of drug-likeness (QED) is 0.442. The molecule has 3 rings (SSSR count). The first-order valence-electron chi connectivity index (χ1n) is 9.71. The number of unbranched alkanes of at least 4 members (excludes halogenated alkanes) is 1. The Bertz CT molecular complexity index is 1060. The number of anilines is 1. The molecule has 3 aromatic rings. The summed E-state index contributed by atoms with van der Waals surface area (Å²) < 4.78 is 16.7. The van der Waals surface area contributed by atoms with Gasteiger partial charge in [-0.3, -0.25) is 4.79 Å². The van der Waals surface area contributed by atoms with E-state index in [1.54, 1.807) is 25.1 Å². The molecule has 29 heavy (non-hydrogen) atoms. The van der Waals surface area contributed by atoms with Crippen molar-refractivity contribution >= 4 is 22.6 Å². The number of para-hydroxylation sites is 2. The molecule has 0 saturated carbocycles. The van der Waals surface area contributed by atoms with Gasteiger partial charge in [-0.05, 0) is 50.1 Å². The zero-order valence-corrected chi connectivity index (χ0v) is 16.9. The molecule has 0 aliphatic heterocycles. The molecule has 1 heterocycles. The van der Waals surface area contributed by atoms with Crippen LogP contribution in [0.2, 0.25) is 0 Å². The van der Waals surface area contributed by atoms with E-state index in [2.05, 4.69) is 12.2 Å². The van der Waals surface area contributed by atoms with Crippen molar-refractivity contribution in [2.45, 2.75) is 39.7 Å². The Labute approximate surface area is 169 Å². The van der Waals surface area contributed by atoms with E-state index in [9.17, 15) is 9.59 Å². The fourth-order valence-corrected chi connectivity index (χ4v) is 2.89. The van der Waals surface area contributed by atoms with Crippen LogP contribution in [0.4, 0.5) is 5.69 Å². The normalized spacial score (nSPS) is 11.8. The van der Waals surface area contributed by atoms with Gasteiger partial charge in [0, 0.05) is 17.5 Å². The Morgan fingerprint density at radius 1 is 1.17 bits per heavy atom. The summed E-state index contributed by atoms with van der Waals surface area (Å²) in [4.78, 5) is 24.2. The fraction of sp³-hybridized carbons (Fsp3) is 0.304. The lowest BCUT2D eigenvalue weighted by molar-refractivity contribution is -0.122. The molecule has 1 N–H and O–H groups in total. The Balaban J connectivity index is 1.70. The molecular formula is C23H25NO5. The highest BCUT2D eigenvalue weighted by molar-refractivity contribution is 5.95. The highest BCUT2D eigenvalue weighted by Gasteiger charge is 2.17. The molecule has 0 spiro atoms. The molecule has 6 nitrogen and oxygen atoms in total. The number of amides is 1. The Morgan fingerprint density at radius 3 is 2.76 bits per heavy atom. The van der Waals surface area contributed by atoms with Crippen molar-refractivity contribution in [3.8, 4) is 11.5 Å². The summed E-state index contributed by atoms with van der Waals surface area (Å²) in [6.45, 7) is 6.19. The largest absolute Gasteiger partial charge is 0.491 e. The van der Waals surface area contributed by atoms with Crippen LogP contribution in [0.25, 0.3) is 11.0 Å². The monoisotopic (exact) mass is 395 g/mol. The summed E-state index contributed by atoms with van der Waals surface area (Å²) in [5.41, 5.74) is 1.44. The lowest BCUT2D eigenvalue weighted by Gasteiger charge is -2.17. The summed E-state index contributed by atoms with van der Waals surface area (Å²) in [5, 5.41) is 3.68. The summed E-state index contributed by atoms with van der Waals surface area (Å²) in [6.07, 6.45) is 1.22. The highest BCUT2D eigenvalue weighted by Crippen LogP contribution is 2.26. The molecule has 0 fully saturated rings. The van der Waals surface area contributed by atoms with Crippen molar-refractivity contribution in [2.75, 3.05) is 11.9 Å². The van der Waals surface area contributed by atoms with Crippen LogP contribution in [0.5, 0.6) is 11.5 Å². The molecule has 1 atom stereocenters. The molecule has 152 valence electrons. The smallest absolute Gasteiger partial charge is 0.336 e. The highest BCUT2D eigenvalue weighted by atomic mass is 16.5. The van der Waals surface area contributed by atoms with Crippen molar-refractivity contribution in [1.29, 1.82) is 0 Å². The van der Waals surface area contributed by atoms with Crippen LogP contribution in [0, 0.1) is 6.92 Å². The Morgan fingerprint density at radius 2 is 1.97 bits per heavy atom. The Hall–Kier alpha value is -3.28. The van der Waals surface area contributed by atoms with Crippen molar-refractivity contribution < 1.29 is 18.7 Å². The second-order valence-electron chi connectivity index (χ2n) is 6.85. The van der Waals surface area contributed by atoms with Crippen LogP contribution < -0.4 is 20.4 Å². The van der Waals surface area contributed by atoms with E-state index in [0.29, 0.717) is 29.4 Å². The van der Waals surface area contributed by atoms with E-state index >= 15 is 0 Å². The van der Waals surface area contributed by atoms with Gasteiger partial charge in [-0.2, -0.15) is 0 Å². The second kappa shape index (κ2) is 9.28. The first-order valence-corrected chi connectivity index (χ1v) is 9.71. The number of carbonyl (C=O) groups is 1. The third-order valence-electron chi connectivity index (χ3n) is 4.51. The van der Waals surface area contributed by atoms with Gasteiger partial charge in [0.15, 0.2) is 6.10 Å². The van der Waals surface area contributed by atoms with Crippen LogP contribution in [0.1, 0.15) is 32.3 Å². The second-order valence-corrected chi connectivity index (χ2v) is 6.85. The van der Waals surface area contributed by atoms with Crippen LogP contribution in [-0.2, 0) is 4.79 Å². The maximum atomic E-state index is 12.6. The average Bonchev–Trinajstić information content (AvgIpc) is 2.69. The maximum Gasteiger partial charge on any atom is 0.336 e. The van der Waals surface area contributed by atoms with Gasteiger partial charge in [-0.1, -0.05) is 25.5 Å². The zero-order chi connectivity index (χ0) is 20.8. The average molecular weight is 395 g/mol. The van der Waals surface area contributed by atoms with E-state index in [1.165, 1.54) is 6.07 Å².